The summed E-state index contributed by atoms with van der Waals surface area (Å²) in [4.78, 5) is 12.1. The second-order valence-electron chi connectivity index (χ2n) is 5.74. The Morgan fingerprint density at radius 3 is 1.75 bits per heavy atom. The van der Waals surface area contributed by atoms with Gasteiger partial charge in [-0.2, -0.15) is 0 Å². The van der Waals surface area contributed by atoms with Crippen LogP contribution in [0.25, 0.3) is 0 Å². The summed E-state index contributed by atoms with van der Waals surface area (Å²) < 4.78 is 9.85. The molecule has 20 heavy (non-hydrogen) atoms. The van der Waals surface area contributed by atoms with Crippen LogP contribution in [-0.2, 0) is 7.87 Å². The molecule has 0 fully saturated rings. The van der Waals surface area contributed by atoms with Crippen molar-refractivity contribution in [1.29, 1.82) is 0 Å². The van der Waals surface area contributed by atoms with E-state index in [0.29, 0.717) is 6.42 Å². The standard InChI is InChI=1S/C5H8O2.3C4H9.Sn/c1-2-3-4-5(6)7;3*1-3-4-2;/h2-3H,4H2,1H3,(H,6,7);3*1,3-4H2,2H3;/q;;;;+1/p-1/b3-2+;;;;. The van der Waals surface area contributed by atoms with Crippen LogP contribution in [0.5, 0.6) is 0 Å². The Labute approximate surface area is 130 Å². The molecular formula is C17H34O2Sn. The summed E-state index contributed by atoms with van der Waals surface area (Å²) in [6.07, 6.45) is 11.7. The van der Waals surface area contributed by atoms with E-state index < -0.39 is 18.8 Å². The van der Waals surface area contributed by atoms with Crippen LogP contribution in [0.1, 0.15) is 72.6 Å². The summed E-state index contributed by atoms with van der Waals surface area (Å²) >= 11 is -2.70. The Morgan fingerprint density at radius 1 is 0.950 bits per heavy atom. The van der Waals surface area contributed by atoms with Gasteiger partial charge in [0.1, 0.15) is 0 Å². The average molecular weight is 389 g/mol. The Kier molecular flexibility index (Phi) is 12.7. The Hall–Kier alpha value is 0.00870. The van der Waals surface area contributed by atoms with E-state index in [1.165, 1.54) is 51.8 Å². The molecule has 0 spiro atoms. The summed E-state index contributed by atoms with van der Waals surface area (Å²) in [5.74, 6) is 0.0298. The molecular weight excluding hydrogens is 355 g/mol. The van der Waals surface area contributed by atoms with Gasteiger partial charge in [-0.1, -0.05) is 0 Å². The van der Waals surface area contributed by atoms with Crippen molar-refractivity contribution >= 4 is 24.8 Å². The van der Waals surface area contributed by atoms with E-state index in [0.717, 1.165) is 0 Å². The van der Waals surface area contributed by atoms with E-state index in [4.69, 9.17) is 3.07 Å². The molecule has 0 heterocycles. The van der Waals surface area contributed by atoms with E-state index in [9.17, 15) is 4.79 Å². The van der Waals surface area contributed by atoms with Crippen LogP contribution in [0.3, 0.4) is 0 Å². The summed E-state index contributed by atoms with van der Waals surface area (Å²) in [5.41, 5.74) is 0. The summed E-state index contributed by atoms with van der Waals surface area (Å²) in [5, 5.41) is 0. The molecule has 0 N–H and O–H groups in total. The molecule has 0 unspecified atom stereocenters. The first-order chi connectivity index (χ1) is 9.64. The zero-order chi connectivity index (χ0) is 15.3. The Bertz CT molecular complexity index is 252. The van der Waals surface area contributed by atoms with Gasteiger partial charge >= 0.3 is 131 Å². The number of unbranched alkanes of at least 4 members (excludes halogenated alkanes) is 3. The van der Waals surface area contributed by atoms with E-state index in [1.54, 1.807) is 0 Å². The molecule has 0 radical (unpaired) electrons. The zero-order valence-corrected chi connectivity index (χ0v) is 16.9. The molecule has 3 heteroatoms. The van der Waals surface area contributed by atoms with Gasteiger partial charge in [-0.05, 0) is 0 Å². The molecule has 0 saturated heterocycles. The normalized spacial score (nSPS) is 12.0. The molecule has 0 atom stereocenters. The van der Waals surface area contributed by atoms with Gasteiger partial charge in [-0.3, -0.25) is 0 Å². The molecule has 0 aromatic heterocycles. The van der Waals surface area contributed by atoms with Crippen molar-refractivity contribution in [3.63, 3.8) is 0 Å². The fourth-order valence-electron chi connectivity index (χ4n) is 2.52. The van der Waals surface area contributed by atoms with Gasteiger partial charge in [0.2, 0.25) is 0 Å². The van der Waals surface area contributed by atoms with Crippen molar-refractivity contribution in [1.82, 2.24) is 0 Å². The molecule has 0 bridgehead atoms. The van der Waals surface area contributed by atoms with E-state index in [2.05, 4.69) is 20.8 Å². The fraction of sp³-hybridized carbons (Fsp3) is 0.824. The molecule has 0 aliphatic rings. The second-order valence-corrected chi connectivity index (χ2v) is 17.4. The Balaban J connectivity index is 4.77. The summed E-state index contributed by atoms with van der Waals surface area (Å²) in [7, 11) is 0. The van der Waals surface area contributed by atoms with Crippen LogP contribution < -0.4 is 0 Å². The number of rotatable bonds is 12. The predicted molar refractivity (Wildman–Crippen MR) is 90.4 cm³/mol. The molecule has 2 nitrogen and oxygen atoms in total. The van der Waals surface area contributed by atoms with Crippen molar-refractivity contribution in [2.45, 2.75) is 86.0 Å². The van der Waals surface area contributed by atoms with E-state index >= 15 is 0 Å². The average Bonchev–Trinajstić information content (AvgIpc) is 2.46. The van der Waals surface area contributed by atoms with Crippen molar-refractivity contribution in [2.24, 2.45) is 0 Å². The van der Waals surface area contributed by atoms with Crippen molar-refractivity contribution in [3.05, 3.63) is 12.2 Å². The number of hydrogen-bond acceptors (Lipinski definition) is 2. The minimum absolute atomic E-state index is 0.0298. The van der Waals surface area contributed by atoms with Crippen molar-refractivity contribution < 1.29 is 7.87 Å². The molecule has 118 valence electrons. The quantitative estimate of drug-likeness (QED) is 0.310. The molecule has 0 aromatic carbocycles. The third kappa shape index (κ3) is 9.04. The number of allylic oxidation sites excluding steroid dienone is 1. The Morgan fingerprint density at radius 2 is 1.40 bits per heavy atom. The van der Waals surface area contributed by atoms with Gasteiger partial charge in [0.05, 0.1) is 0 Å². The number of hydrogen-bond donors (Lipinski definition) is 0. The topological polar surface area (TPSA) is 26.3 Å². The fourth-order valence-corrected chi connectivity index (χ4v) is 15.7. The molecule has 0 rings (SSSR count). The van der Waals surface area contributed by atoms with Gasteiger partial charge < -0.3 is 0 Å². The van der Waals surface area contributed by atoms with Crippen LogP contribution >= 0.6 is 0 Å². The SMILES string of the molecule is C/C=C/CC(=O)[O][Sn]([CH2]CCC)([CH2]CCC)[CH2]CCC. The maximum absolute atomic E-state index is 12.1. The first-order valence-electron chi connectivity index (χ1n) is 8.47. The monoisotopic (exact) mass is 390 g/mol. The first-order valence-corrected chi connectivity index (χ1v) is 15.7. The van der Waals surface area contributed by atoms with Crippen LogP contribution in [0, 0.1) is 0 Å². The molecule has 0 aliphatic carbocycles. The summed E-state index contributed by atoms with van der Waals surface area (Å²) in [6.45, 7) is 8.66. The van der Waals surface area contributed by atoms with Crippen molar-refractivity contribution in [2.75, 3.05) is 0 Å². The van der Waals surface area contributed by atoms with Crippen LogP contribution in [0.2, 0.25) is 13.3 Å². The maximum atomic E-state index is 12.1. The summed E-state index contributed by atoms with van der Waals surface area (Å²) in [6, 6.07) is 0. The molecule has 0 amide bonds. The molecule has 0 aromatic rings. The predicted octanol–water partition coefficient (Wildman–Crippen LogP) is 5.84. The van der Waals surface area contributed by atoms with Crippen molar-refractivity contribution in [3.8, 4) is 0 Å². The zero-order valence-electron chi connectivity index (χ0n) is 14.0. The molecule has 0 saturated carbocycles. The van der Waals surface area contributed by atoms with E-state index in [-0.39, 0.29) is 5.97 Å². The van der Waals surface area contributed by atoms with Gasteiger partial charge in [-0.25, -0.2) is 0 Å². The first kappa shape index (κ1) is 20.0. The van der Waals surface area contributed by atoms with Crippen LogP contribution in [0.15, 0.2) is 12.2 Å². The van der Waals surface area contributed by atoms with Crippen LogP contribution in [-0.4, -0.2) is 24.8 Å². The number of carbonyl (C=O) groups excluding carboxylic acids is 1. The molecule has 0 aliphatic heterocycles. The third-order valence-electron chi connectivity index (χ3n) is 3.81. The third-order valence-corrected chi connectivity index (χ3v) is 16.5. The second kappa shape index (κ2) is 12.7. The van der Waals surface area contributed by atoms with Gasteiger partial charge in [0.25, 0.3) is 0 Å². The van der Waals surface area contributed by atoms with Gasteiger partial charge in [0, 0.05) is 0 Å². The van der Waals surface area contributed by atoms with Gasteiger partial charge in [-0.15, -0.1) is 0 Å². The minimum atomic E-state index is -2.70. The van der Waals surface area contributed by atoms with Gasteiger partial charge in [0.15, 0.2) is 0 Å². The van der Waals surface area contributed by atoms with Crippen LogP contribution in [0.4, 0.5) is 0 Å². The number of carbonyl (C=O) groups is 1. The van der Waals surface area contributed by atoms with E-state index in [1.807, 2.05) is 19.1 Å².